The normalized spacial score (nSPS) is 20.0. The van der Waals surface area contributed by atoms with Crippen LogP contribution < -0.4 is 10.8 Å². The van der Waals surface area contributed by atoms with Crippen molar-refractivity contribution in [1.29, 1.82) is 0 Å². The SMILES string of the molecule is O=C(C[C@@H](CCCC1CCCCC1)c1nc(CNC2CCCC2)co1)NO. The molecular weight excluding hydrogens is 342 g/mol. The second-order valence-corrected chi connectivity index (χ2v) is 8.41. The molecule has 3 N–H and O–H groups in total. The molecule has 2 aliphatic rings. The Morgan fingerprint density at radius 3 is 2.67 bits per heavy atom. The molecule has 1 heterocycles. The van der Waals surface area contributed by atoms with E-state index in [1.807, 2.05) is 0 Å². The monoisotopic (exact) mass is 377 g/mol. The maximum Gasteiger partial charge on any atom is 0.244 e. The standard InChI is InChI=1S/C21H35N3O3/c25-20(24-26)13-17(10-6-9-16-7-2-1-3-8-16)21-23-19(15-27-21)14-22-18-11-4-5-12-18/h15-18,22,26H,1-14H2,(H,24,25)/t17-/m1/s1. The van der Waals surface area contributed by atoms with Crippen LogP contribution in [0.1, 0.15) is 101 Å². The summed E-state index contributed by atoms with van der Waals surface area (Å²) in [6.45, 7) is 0.717. The summed E-state index contributed by atoms with van der Waals surface area (Å²) >= 11 is 0. The van der Waals surface area contributed by atoms with Crippen molar-refractivity contribution in [2.45, 2.75) is 102 Å². The lowest BCUT2D eigenvalue weighted by Gasteiger charge is -2.22. The van der Waals surface area contributed by atoms with Gasteiger partial charge in [0.05, 0.1) is 5.69 Å². The van der Waals surface area contributed by atoms with E-state index in [4.69, 9.17) is 9.62 Å². The van der Waals surface area contributed by atoms with Gasteiger partial charge in [0.2, 0.25) is 5.91 Å². The Bertz CT molecular complexity index is 563. The number of nitrogens with one attached hydrogen (secondary N) is 2. The number of oxazole rings is 1. The van der Waals surface area contributed by atoms with E-state index in [0.717, 1.165) is 31.0 Å². The first-order chi connectivity index (χ1) is 13.2. The van der Waals surface area contributed by atoms with Crippen molar-refractivity contribution in [3.05, 3.63) is 17.8 Å². The molecule has 2 fully saturated rings. The van der Waals surface area contributed by atoms with Gasteiger partial charge in [0.15, 0.2) is 5.89 Å². The molecule has 0 spiro atoms. The van der Waals surface area contributed by atoms with Crippen molar-refractivity contribution in [3.63, 3.8) is 0 Å². The molecule has 27 heavy (non-hydrogen) atoms. The van der Waals surface area contributed by atoms with E-state index in [1.165, 1.54) is 64.2 Å². The zero-order chi connectivity index (χ0) is 18.9. The molecular formula is C21H35N3O3. The first kappa shape index (κ1) is 20.3. The van der Waals surface area contributed by atoms with Gasteiger partial charge in [-0.15, -0.1) is 0 Å². The highest BCUT2D eigenvalue weighted by atomic mass is 16.5. The van der Waals surface area contributed by atoms with Gasteiger partial charge in [0.1, 0.15) is 6.26 Å². The van der Waals surface area contributed by atoms with Gasteiger partial charge < -0.3 is 9.73 Å². The maximum atomic E-state index is 11.7. The molecule has 6 nitrogen and oxygen atoms in total. The number of hydroxylamine groups is 1. The first-order valence-corrected chi connectivity index (χ1v) is 10.8. The fourth-order valence-electron chi connectivity index (χ4n) is 4.68. The van der Waals surface area contributed by atoms with Crippen LogP contribution in [0.25, 0.3) is 0 Å². The third-order valence-corrected chi connectivity index (χ3v) is 6.29. The molecule has 1 atom stereocenters. The zero-order valence-electron chi connectivity index (χ0n) is 16.4. The minimum Gasteiger partial charge on any atom is -0.448 e. The number of carbonyl (C=O) groups is 1. The van der Waals surface area contributed by atoms with Crippen LogP contribution in [-0.2, 0) is 11.3 Å². The van der Waals surface area contributed by atoms with Gasteiger partial charge in [-0.05, 0) is 25.2 Å². The van der Waals surface area contributed by atoms with Gasteiger partial charge in [0.25, 0.3) is 0 Å². The fourth-order valence-corrected chi connectivity index (χ4v) is 4.68. The average molecular weight is 378 g/mol. The molecule has 1 aromatic rings. The van der Waals surface area contributed by atoms with Crippen LogP contribution in [0.3, 0.4) is 0 Å². The second kappa shape index (κ2) is 10.8. The van der Waals surface area contributed by atoms with E-state index in [2.05, 4.69) is 10.3 Å². The van der Waals surface area contributed by atoms with Gasteiger partial charge in [0, 0.05) is 24.9 Å². The molecule has 2 saturated carbocycles. The quantitative estimate of drug-likeness (QED) is 0.414. The Hall–Kier alpha value is -1.40. The number of carbonyl (C=O) groups excluding carboxylic acids is 1. The summed E-state index contributed by atoms with van der Waals surface area (Å²) < 4.78 is 5.72. The number of amides is 1. The van der Waals surface area contributed by atoms with Crippen molar-refractivity contribution >= 4 is 5.91 Å². The molecule has 3 rings (SSSR count). The molecule has 0 radical (unpaired) electrons. The molecule has 6 heteroatoms. The minimum absolute atomic E-state index is 0.0685. The summed E-state index contributed by atoms with van der Waals surface area (Å²) in [5, 5.41) is 12.5. The van der Waals surface area contributed by atoms with Crippen LogP contribution in [0.4, 0.5) is 0 Å². The summed E-state index contributed by atoms with van der Waals surface area (Å²) in [7, 11) is 0. The largest absolute Gasteiger partial charge is 0.448 e. The Kier molecular flexibility index (Phi) is 8.14. The topological polar surface area (TPSA) is 87.4 Å². The van der Waals surface area contributed by atoms with Gasteiger partial charge in [-0.3, -0.25) is 10.0 Å². The lowest BCUT2D eigenvalue weighted by molar-refractivity contribution is -0.129. The molecule has 0 aliphatic heterocycles. The van der Waals surface area contributed by atoms with E-state index in [1.54, 1.807) is 11.7 Å². The van der Waals surface area contributed by atoms with Crippen LogP contribution in [0.2, 0.25) is 0 Å². The number of hydrogen-bond donors (Lipinski definition) is 3. The van der Waals surface area contributed by atoms with Crippen molar-refractivity contribution in [3.8, 4) is 0 Å². The first-order valence-electron chi connectivity index (χ1n) is 10.8. The van der Waals surface area contributed by atoms with Gasteiger partial charge in [-0.1, -0.05) is 57.8 Å². The Morgan fingerprint density at radius 1 is 1.19 bits per heavy atom. The summed E-state index contributed by atoms with van der Waals surface area (Å²) in [6.07, 6.45) is 17.0. The summed E-state index contributed by atoms with van der Waals surface area (Å²) in [5.41, 5.74) is 2.65. The van der Waals surface area contributed by atoms with Crippen LogP contribution in [0.5, 0.6) is 0 Å². The molecule has 0 saturated heterocycles. The highest BCUT2D eigenvalue weighted by Gasteiger charge is 2.23. The van der Waals surface area contributed by atoms with E-state index in [0.29, 0.717) is 11.9 Å². The van der Waals surface area contributed by atoms with Crippen LogP contribution in [-0.4, -0.2) is 22.1 Å². The lowest BCUT2D eigenvalue weighted by Crippen LogP contribution is -2.25. The molecule has 0 bridgehead atoms. The minimum atomic E-state index is -0.374. The Labute approximate surface area is 162 Å². The van der Waals surface area contributed by atoms with Crippen molar-refractivity contribution in [2.75, 3.05) is 0 Å². The highest BCUT2D eigenvalue weighted by Crippen LogP contribution is 2.31. The van der Waals surface area contributed by atoms with Crippen LogP contribution >= 0.6 is 0 Å². The third kappa shape index (κ3) is 6.61. The smallest absolute Gasteiger partial charge is 0.244 e. The molecule has 2 aliphatic carbocycles. The molecule has 152 valence electrons. The summed E-state index contributed by atoms with van der Waals surface area (Å²) in [6, 6.07) is 0.594. The zero-order valence-corrected chi connectivity index (χ0v) is 16.4. The predicted molar refractivity (Wildman–Crippen MR) is 103 cm³/mol. The Morgan fingerprint density at radius 2 is 1.93 bits per heavy atom. The fraction of sp³-hybridized carbons (Fsp3) is 0.810. The average Bonchev–Trinajstić information content (AvgIpc) is 3.38. The number of hydrogen-bond acceptors (Lipinski definition) is 5. The summed E-state index contributed by atoms with van der Waals surface area (Å²) in [4.78, 5) is 16.4. The lowest BCUT2D eigenvalue weighted by atomic mass is 9.84. The van der Waals surface area contributed by atoms with Crippen LogP contribution in [0.15, 0.2) is 10.7 Å². The van der Waals surface area contributed by atoms with Gasteiger partial charge in [-0.25, -0.2) is 10.5 Å². The third-order valence-electron chi connectivity index (χ3n) is 6.29. The number of aromatic nitrogens is 1. The molecule has 0 aromatic carbocycles. The molecule has 0 unspecified atom stereocenters. The van der Waals surface area contributed by atoms with E-state index < -0.39 is 0 Å². The highest BCUT2D eigenvalue weighted by molar-refractivity contribution is 5.75. The number of rotatable bonds is 10. The predicted octanol–water partition coefficient (Wildman–Crippen LogP) is 4.44. The summed E-state index contributed by atoms with van der Waals surface area (Å²) in [5.74, 6) is 1.02. The van der Waals surface area contributed by atoms with E-state index in [9.17, 15) is 4.79 Å². The van der Waals surface area contributed by atoms with Gasteiger partial charge >= 0.3 is 0 Å². The number of nitrogens with zero attached hydrogens (tertiary/aromatic N) is 1. The Balaban J connectivity index is 1.50. The second-order valence-electron chi connectivity index (χ2n) is 8.41. The maximum absolute atomic E-state index is 11.7. The van der Waals surface area contributed by atoms with E-state index >= 15 is 0 Å². The van der Waals surface area contributed by atoms with Crippen molar-refractivity contribution < 1.29 is 14.4 Å². The molecule has 1 amide bonds. The van der Waals surface area contributed by atoms with Crippen molar-refractivity contribution in [2.24, 2.45) is 5.92 Å². The van der Waals surface area contributed by atoms with Crippen molar-refractivity contribution in [1.82, 2.24) is 15.8 Å². The van der Waals surface area contributed by atoms with Gasteiger partial charge in [-0.2, -0.15) is 0 Å². The van der Waals surface area contributed by atoms with Crippen LogP contribution in [0, 0.1) is 5.92 Å². The van der Waals surface area contributed by atoms with E-state index in [-0.39, 0.29) is 18.2 Å². The molecule has 1 aromatic heterocycles.